The molecule has 504 valence electrons. The maximum absolute atomic E-state index is 12.5. The van der Waals surface area contributed by atoms with Gasteiger partial charge in [-0.3, -0.25) is 0 Å². The molecule has 0 atom stereocenters. The van der Waals surface area contributed by atoms with Gasteiger partial charge in [0, 0.05) is 81.3 Å². The Morgan fingerprint density at radius 2 is 0.833 bits per heavy atom. The van der Waals surface area contributed by atoms with Crippen molar-refractivity contribution in [1.82, 2.24) is 30.1 Å². The molecular weight excluding hydrogens is 1320 g/mol. The van der Waals surface area contributed by atoms with Crippen LogP contribution in [0.25, 0.3) is 32.7 Å². The van der Waals surface area contributed by atoms with Gasteiger partial charge in [-0.1, -0.05) is 122 Å². The Morgan fingerprint density at radius 1 is 0.479 bits per heavy atom. The third-order valence-electron chi connectivity index (χ3n) is 16.1. The highest BCUT2D eigenvalue weighted by Gasteiger charge is 2.32. The number of aromatic nitrogens is 3. The van der Waals surface area contributed by atoms with Gasteiger partial charge in [-0.05, 0) is 122 Å². The number of carbonyl (C=O) groups excluding carboxylic acids is 3. The molecule has 2 amide bonds. The molecule has 3 aliphatic rings. The predicted octanol–water partition coefficient (Wildman–Crippen LogP) is 14.8. The smallest absolute Gasteiger partial charge is 0.505 e. The Labute approximate surface area is 574 Å². The summed E-state index contributed by atoms with van der Waals surface area (Å²) in [5.74, 6) is -4.48. The van der Waals surface area contributed by atoms with Crippen LogP contribution in [0.1, 0.15) is 134 Å². The zero-order chi connectivity index (χ0) is 66.2. The summed E-state index contributed by atoms with van der Waals surface area (Å²) >= 11 is 17.9. The number of carboxylic acid groups (broad SMARTS) is 3. The second-order valence-corrected chi connectivity index (χ2v) is 23.2. The summed E-state index contributed by atoms with van der Waals surface area (Å²) in [5, 5.41) is 57.2. The molecule has 6 aromatic carbocycles. The highest BCUT2D eigenvalue weighted by molar-refractivity contribution is 6.31. The van der Waals surface area contributed by atoms with Crippen molar-refractivity contribution in [2.45, 2.75) is 93.8 Å². The van der Waals surface area contributed by atoms with Gasteiger partial charge in [0.05, 0.1) is 66.5 Å². The lowest BCUT2D eigenvalue weighted by molar-refractivity contribution is 0.0680. The maximum Gasteiger partial charge on any atom is 0.513 e. The molecule has 12 rings (SSSR count). The Morgan fingerprint density at radius 3 is 1.22 bits per heavy atom. The largest absolute Gasteiger partial charge is 0.513 e. The molecule has 3 aromatic heterocycles. The van der Waals surface area contributed by atoms with Gasteiger partial charge in [0.2, 0.25) is 0 Å². The first-order valence-electron chi connectivity index (χ1n) is 29.9. The van der Waals surface area contributed by atoms with Crippen LogP contribution in [0.3, 0.4) is 0 Å². The minimum Gasteiger partial charge on any atom is -0.505 e. The molecule has 9 aromatic rings. The van der Waals surface area contributed by atoms with Crippen LogP contribution in [0.5, 0.6) is 17.2 Å². The fraction of sp³-hybridized carbons (Fsp3) is 0.282. The van der Waals surface area contributed by atoms with Gasteiger partial charge in [0.15, 0.2) is 17.2 Å². The molecule has 21 nitrogen and oxygen atoms in total. The van der Waals surface area contributed by atoms with Gasteiger partial charge in [0.1, 0.15) is 16.7 Å². The van der Waals surface area contributed by atoms with E-state index in [2.05, 4.69) is 15.3 Å². The Balaban J connectivity index is 0.000000202. The summed E-state index contributed by atoms with van der Waals surface area (Å²) in [4.78, 5) is 90.5. The maximum atomic E-state index is 12.5. The monoisotopic (exact) mass is 1390 g/mol. The van der Waals surface area contributed by atoms with E-state index in [1.54, 1.807) is 109 Å². The number of benzene rings is 6. The molecule has 0 unspecified atom stereocenters. The van der Waals surface area contributed by atoms with E-state index in [9.17, 15) is 54.3 Å². The van der Waals surface area contributed by atoms with E-state index in [0.717, 1.165) is 57.5 Å². The number of halogens is 4. The highest BCUT2D eigenvalue weighted by atomic mass is 35.5. The zero-order valence-electron chi connectivity index (χ0n) is 51.1. The standard InChI is InChI=1S/C26H25ClN2O7.C23H21ClN2O5.C20H17ClN2O3.2CH4.ClH/c1-3-34-25(32)29-12-11-16-7-10-18-21(24(30)31)23(36-26(33)35-4-2)20(28-22(18)19(16)14-29)13-15-5-8-17(27)9-6-15;1-2-31-23(30)26-10-9-14-5-8-16-19(22(28)29)21(27)18(25-20(16)17(14)12-26)11-13-3-6-15(24)7-4-13;21-13-4-1-11(2-5-13)9-16-19(24)17(20(25)26)14-6-3-12-7-8-22-10-15(12)18(14)23-16;;;/h5-10H,3-4,11-14H2,1-2H3,(H,30,31);3-8,27H,2,9-12H2,1H3,(H,28,29);1-6,22,24H,7-10H2,(H,25,26);2*1H4;1H. The number of carboxylic acids is 3. The number of fused-ring (bicyclic) bond motifs is 9. The summed E-state index contributed by atoms with van der Waals surface area (Å²) < 4.78 is 20.6. The molecule has 0 bridgehead atoms. The van der Waals surface area contributed by atoms with Crippen LogP contribution in [-0.2, 0) is 72.4 Å². The second-order valence-electron chi connectivity index (χ2n) is 21.9. The van der Waals surface area contributed by atoms with Gasteiger partial charge in [-0.2, -0.15) is 0 Å². The number of ether oxygens (including phenoxy) is 4. The number of nitrogens with zero attached hydrogens (tertiary/aromatic N) is 5. The molecule has 0 saturated heterocycles. The Hall–Kier alpha value is -9.51. The number of nitrogens with one attached hydrogen (secondary N) is 1. The third-order valence-corrected chi connectivity index (χ3v) is 16.8. The van der Waals surface area contributed by atoms with E-state index in [1.807, 2.05) is 30.3 Å². The average molecular weight is 1390 g/mol. The van der Waals surface area contributed by atoms with Crippen molar-refractivity contribution in [3.63, 3.8) is 0 Å². The number of carbonyl (C=O) groups is 6. The Bertz CT molecular complexity index is 4410. The second kappa shape index (κ2) is 32.8. The van der Waals surface area contributed by atoms with E-state index in [1.165, 1.54) is 5.56 Å². The zero-order valence-corrected chi connectivity index (χ0v) is 54.2. The number of rotatable bonds is 13. The van der Waals surface area contributed by atoms with E-state index in [-0.39, 0.29) is 118 Å². The van der Waals surface area contributed by atoms with Crippen molar-refractivity contribution >= 4 is 116 Å². The molecule has 0 saturated carbocycles. The molecule has 6 heterocycles. The van der Waals surface area contributed by atoms with Crippen LogP contribution < -0.4 is 10.1 Å². The van der Waals surface area contributed by atoms with Crippen molar-refractivity contribution in [1.29, 1.82) is 0 Å². The first-order chi connectivity index (χ1) is 44.7. The van der Waals surface area contributed by atoms with Gasteiger partial charge >= 0.3 is 36.2 Å². The topological polar surface area (TPSA) is 298 Å². The predicted molar refractivity (Wildman–Crippen MR) is 368 cm³/mol. The van der Waals surface area contributed by atoms with E-state index >= 15 is 0 Å². The lowest BCUT2D eigenvalue weighted by atomic mass is 9.93. The van der Waals surface area contributed by atoms with Crippen molar-refractivity contribution in [2.75, 3.05) is 39.5 Å². The fourth-order valence-electron chi connectivity index (χ4n) is 11.6. The number of amides is 2. The molecule has 6 N–H and O–H groups in total. The first kappa shape index (κ1) is 73.9. The number of hydrogen-bond donors (Lipinski definition) is 6. The number of aromatic carboxylic acids is 3. The normalized spacial score (nSPS) is 12.7. The molecule has 0 aliphatic carbocycles. The summed E-state index contributed by atoms with van der Waals surface area (Å²) in [5.41, 5.74) is 10.1. The van der Waals surface area contributed by atoms with Crippen molar-refractivity contribution in [3.05, 3.63) is 208 Å². The molecule has 0 radical (unpaired) electrons. The fourth-order valence-corrected chi connectivity index (χ4v) is 12.0. The summed E-state index contributed by atoms with van der Waals surface area (Å²) in [6, 6.07) is 31.9. The lowest BCUT2D eigenvalue weighted by Gasteiger charge is -2.29. The molecular formula is C71H72Cl4N6O15. The minimum atomic E-state index is -1.28. The molecule has 0 spiro atoms. The van der Waals surface area contributed by atoms with Gasteiger partial charge < -0.3 is 59.6 Å². The lowest BCUT2D eigenvalue weighted by Crippen LogP contribution is -2.36. The van der Waals surface area contributed by atoms with Crippen LogP contribution in [0.2, 0.25) is 15.1 Å². The SMILES string of the molecule is C.C.CCOC(=O)N1CCc2ccc3c(C(=O)O)c(O)c(Cc4ccc(Cl)cc4)nc3c2C1.CCOC(=O)Oc1c(Cc2ccc(Cl)cc2)nc2c3c(ccc2c1C(=O)O)CCN(C(=O)OCC)C3.Cl.O=C(O)c1c(O)c(Cc2ccc(Cl)cc2)nc2c3c(ccc12)CCNC3. The Kier molecular flexibility index (Phi) is 25.2. The van der Waals surface area contributed by atoms with Gasteiger partial charge in [-0.15, -0.1) is 12.4 Å². The number of pyridine rings is 3. The van der Waals surface area contributed by atoms with Crippen LogP contribution >= 0.6 is 47.2 Å². The van der Waals surface area contributed by atoms with Crippen LogP contribution in [-0.4, -0.2) is 126 Å². The van der Waals surface area contributed by atoms with Crippen molar-refractivity contribution in [2.24, 2.45) is 0 Å². The number of aromatic hydroxyl groups is 2. The molecule has 0 fully saturated rings. The van der Waals surface area contributed by atoms with Crippen molar-refractivity contribution in [3.8, 4) is 17.2 Å². The van der Waals surface area contributed by atoms with Crippen LogP contribution in [0.15, 0.2) is 109 Å². The van der Waals surface area contributed by atoms with E-state index in [4.69, 9.17) is 58.7 Å². The first-order valence-corrected chi connectivity index (χ1v) is 31.0. The summed E-state index contributed by atoms with van der Waals surface area (Å²) in [6.07, 6.45) is 0.927. The number of hydrogen-bond acceptors (Lipinski definition) is 16. The van der Waals surface area contributed by atoms with Crippen LogP contribution in [0, 0.1) is 0 Å². The average Bonchev–Trinajstić information content (AvgIpc) is 0.765. The molecule has 96 heavy (non-hydrogen) atoms. The highest BCUT2D eigenvalue weighted by Crippen LogP contribution is 2.39. The molecule has 3 aliphatic heterocycles. The molecule has 25 heteroatoms. The van der Waals surface area contributed by atoms with Crippen LogP contribution in [0.4, 0.5) is 14.4 Å². The minimum absolute atomic E-state index is 0. The van der Waals surface area contributed by atoms with E-state index < -0.39 is 36.2 Å². The summed E-state index contributed by atoms with van der Waals surface area (Å²) in [7, 11) is 0. The van der Waals surface area contributed by atoms with Crippen molar-refractivity contribution < 1.29 is 73.2 Å². The summed E-state index contributed by atoms with van der Waals surface area (Å²) in [6.45, 7) is 8.70. The quantitative estimate of drug-likeness (QED) is 0.0462. The van der Waals surface area contributed by atoms with Gasteiger partial charge in [-0.25, -0.2) is 43.7 Å². The van der Waals surface area contributed by atoms with E-state index in [0.29, 0.717) is 92.4 Å². The third kappa shape index (κ3) is 16.4. The van der Waals surface area contributed by atoms with Gasteiger partial charge in [0.25, 0.3) is 0 Å².